The molecule has 0 aliphatic carbocycles. The van der Waals surface area contributed by atoms with E-state index in [1.165, 1.54) is 10.6 Å². The molecule has 1 aliphatic heterocycles. The maximum Gasteiger partial charge on any atom is 0.223 e. The van der Waals surface area contributed by atoms with Gasteiger partial charge >= 0.3 is 0 Å². The van der Waals surface area contributed by atoms with E-state index in [2.05, 4.69) is 10.3 Å². The third-order valence-electron chi connectivity index (χ3n) is 4.39. The largest absolute Gasteiger partial charge is 0.352 e. The zero-order chi connectivity index (χ0) is 17.9. The average Bonchev–Trinajstić information content (AvgIpc) is 3.14. The van der Waals surface area contributed by atoms with Gasteiger partial charge in [-0.15, -0.1) is 11.3 Å². The molecule has 1 N–H and O–H groups in total. The van der Waals surface area contributed by atoms with Crippen LogP contribution in [0.2, 0.25) is 0 Å². The predicted molar refractivity (Wildman–Crippen MR) is 98.5 cm³/mol. The van der Waals surface area contributed by atoms with Gasteiger partial charge in [0.1, 0.15) is 0 Å². The van der Waals surface area contributed by atoms with E-state index in [1.54, 1.807) is 17.5 Å². The minimum absolute atomic E-state index is 0.0193. The number of thiophene rings is 1. The number of piperidine rings is 1. The van der Waals surface area contributed by atoms with Gasteiger partial charge < -0.3 is 5.32 Å². The summed E-state index contributed by atoms with van der Waals surface area (Å²) in [5.74, 6) is -0.158. The molecule has 25 heavy (non-hydrogen) atoms. The number of rotatable bonds is 5. The Kier molecular flexibility index (Phi) is 5.51. The third kappa shape index (κ3) is 4.45. The molecule has 6 nitrogen and oxygen atoms in total. The fourth-order valence-electron chi connectivity index (χ4n) is 2.99. The first kappa shape index (κ1) is 18.0. The highest BCUT2D eigenvalue weighted by Crippen LogP contribution is 2.26. The second kappa shape index (κ2) is 7.63. The summed E-state index contributed by atoms with van der Waals surface area (Å²) in [5.41, 5.74) is 1.87. The summed E-state index contributed by atoms with van der Waals surface area (Å²) in [4.78, 5) is 17.9. The quantitative estimate of drug-likeness (QED) is 0.863. The van der Waals surface area contributed by atoms with Crippen molar-refractivity contribution in [1.82, 2.24) is 14.6 Å². The first-order valence-corrected chi connectivity index (χ1v) is 10.9. The molecule has 2 aromatic heterocycles. The molecule has 0 radical (unpaired) electrons. The Bertz CT molecular complexity index is 827. The molecule has 3 heterocycles. The van der Waals surface area contributed by atoms with Crippen LogP contribution < -0.4 is 5.32 Å². The van der Waals surface area contributed by atoms with Crippen LogP contribution in [0.15, 0.2) is 35.8 Å². The van der Waals surface area contributed by atoms with Crippen molar-refractivity contribution < 1.29 is 13.2 Å². The number of carbonyl (C=O) groups is 1. The lowest BCUT2D eigenvalue weighted by Crippen LogP contribution is -2.42. The lowest BCUT2D eigenvalue weighted by atomic mass is 9.97. The molecule has 0 aromatic carbocycles. The van der Waals surface area contributed by atoms with Gasteiger partial charge in [-0.3, -0.25) is 9.78 Å². The van der Waals surface area contributed by atoms with Crippen molar-refractivity contribution in [3.8, 4) is 10.6 Å². The number of hydrogen-bond acceptors (Lipinski definition) is 5. The van der Waals surface area contributed by atoms with Gasteiger partial charge in [0, 0.05) is 31.7 Å². The van der Waals surface area contributed by atoms with Gasteiger partial charge in [0.15, 0.2) is 0 Å². The van der Waals surface area contributed by atoms with Crippen LogP contribution in [0.4, 0.5) is 0 Å². The zero-order valence-corrected chi connectivity index (χ0v) is 15.6. The van der Waals surface area contributed by atoms with Crippen molar-refractivity contribution >= 4 is 27.3 Å². The second-order valence-corrected chi connectivity index (χ2v) is 9.07. The van der Waals surface area contributed by atoms with Crippen molar-refractivity contribution in [3.63, 3.8) is 0 Å². The topological polar surface area (TPSA) is 79.4 Å². The second-order valence-electron chi connectivity index (χ2n) is 6.14. The summed E-state index contributed by atoms with van der Waals surface area (Å²) in [6, 6.07) is 7.82. The standard InChI is InChI=1S/C17H21N3O3S2/c1-25(22,23)20-9-6-13(7-10-20)17(21)19-12-14-4-2-8-18-16(14)15-5-3-11-24-15/h2-5,8,11,13H,6-7,9-10,12H2,1H3,(H,19,21). The van der Waals surface area contributed by atoms with Crippen LogP contribution in [-0.2, 0) is 21.4 Å². The molecular weight excluding hydrogens is 358 g/mol. The average molecular weight is 380 g/mol. The number of amides is 1. The molecule has 0 bridgehead atoms. The van der Waals surface area contributed by atoms with Crippen molar-refractivity contribution in [1.29, 1.82) is 0 Å². The molecule has 134 valence electrons. The maximum absolute atomic E-state index is 12.4. The lowest BCUT2D eigenvalue weighted by molar-refractivity contribution is -0.126. The third-order valence-corrected chi connectivity index (χ3v) is 6.57. The predicted octanol–water partition coefficient (Wildman–Crippen LogP) is 2.10. The monoisotopic (exact) mass is 379 g/mol. The minimum atomic E-state index is -3.17. The Morgan fingerprint density at radius 2 is 2.08 bits per heavy atom. The SMILES string of the molecule is CS(=O)(=O)N1CCC(C(=O)NCc2cccnc2-c2cccs2)CC1. The van der Waals surface area contributed by atoms with Crippen molar-refractivity contribution in [2.24, 2.45) is 5.92 Å². The van der Waals surface area contributed by atoms with Crippen molar-refractivity contribution in [2.45, 2.75) is 19.4 Å². The van der Waals surface area contributed by atoms with Crippen LogP contribution in [-0.4, -0.2) is 43.0 Å². The summed E-state index contributed by atoms with van der Waals surface area (Å²) >= 11 is 1.62. The van der Waals surface area contributed by atoms with Gasteiger partial charge in [0.25, 0.3) is 0 Å². The number of nitrogens with one attached hydrogen (secondary N) is 1. The molecule has 3 rings (SSSR count). The maximum atomic E-state index is 12.4. The highest BCUT2D eigenvalue weighted by molar-refractivity contribution is 7.88. The number of pyridine rings is 1. The molecule has 1 fully saturated rings. The molecule has 1 amide bonds. The smallest absolute Gasteiger partial charge is 0.223 e. The van der Waals surface area contributed by atoms with Crippen LogP contribution in [0.5, 0.6) is 0 Å². The lowest BCUT2D eigenvalue weighted by Gasteiger charge is -2.29. The first-order valence-electron chi connectivity index (χ1n) is 8.16. The van der Waals surface area contributed by atoms with E-state index >= 15 is 0 Å². The molecule has 0 unspecified atom stereocenters. The number of hydrogen-bond donors (Lipinski definition) is 1. The highest BCUT2D eigenvalue weighted by atomic mass is 32.2. The molecule has 0 saturated carbocycles. The Labute approximate surface area is 151 Å². The van der Waals surface area contributed by atoms with E-state index in [-0.39, 0.29) is 11.8 Å². The van der Waals surface area contributed by atoms with Crippen molar-refractivity contribution in [3.05, 3.63) is 41.4 Å². The van der Waals surface area contributed by atoms with Gasteiger partial charge in [-0.05, 0) is 35.9 Å². The van der Waals surface area contributed by atoms with E-state index in [9.17, 15) is 13.2 Å². The van der Waals surface area contributed by atoms with Crippen LogP contribution in [0.25, 0.3) is 10.6 Å². The fourth-order valence-corrected chi connectivity index (χ4v) is 4.62. The van der Waals surface area contributed by atoms with Crippen LogP contribution >= 0.6 is 11.3 Å². The van der Waals surface area contributed by atoms with E-state index in [4.69, 9.17) is 0 Å². The summed E-state index contributed by atoms with van der Waals surface area (Å²) in [7, 11) is -3.17. The molecule has 1 saturated heterocycles. The van der Waals surface area contributed by atoms with Gasteiger partial charge in [0.2, 0.25) is 15.9 Å². The number of aromatic nitrogens is 1. The molecule has 0 spiro atoms. The van der Waals surface area contributed by atoms with E-state index in [0.717, 1.165) is 16.1 Å². The molecule has 0 atom stereocenters. The number of nitrogens with zero attached hydrogens (tertiary/aromatic N) is 2. The summed E-state index contributed by atoms with van der Waals surface area (Å²) < 4.78 is 24.5. The first-order chi connectivity index (χ1) is 11.9. The fraction of sp³-hybridized carbons (Fsp3) is 0.412. The Hall–Kier alpha value is -1.77. The zero-order valence-electron chi connectivity index (χ0n) is 14.0. The Morgan fingerprint density at radius 3 is 2.72 bits per heavy atom. The van der Waals surface area contributed by atoms with Gasteiger partial charge in [-0.1, -0.05) is 12.1 Å². The summed E-state index contributed by atoms with van der Waals surface area (Å²) in [6.45, 7) is 1.24. The van der Waals surface area contributed by atoms with Gasteiger partial charge in [-0.25, -0.2) is 12.7 Å². The van der Waals surface area contributed by atoms with E-state index in [0.29, 0.717) is 32.5 Å². The highest BCUT2D eigenvalue weighted by Gasteiger charge is 2.28. The van der Waals surface area contributed by atoms with Crippen LogP contribution in [0, 0.1) is 5.92 Å². The van der Waals surface area contributed by atoms with E-state index in [1.807, 2.05) is 29.6 Å². The number of sulfonamides is 1. The Morgan fingerprint density at radius 1 is 1.32 bits per heavy atom. The molecule has 1 aliphatic rings. The molecular formula is C17H21N3O3S2. The van der Waals surface area contributed by atoms with Gasteiger partial charge in [-0.2, -0.15) is 0 Å². The normalized spacial score (nSPS) is 16.7. The molecule has 2 aromatic rings. The number of carbonyl (C=O) groups excluding carboxylic acids is 1. The van der Waals surface area contributed by atoms with Crippen LogP contribution in [0.1, 0.15) is 18.4 Å². The minimum Gasteiger partial charge on any atom is -0.352 e. The molecule has 8 heteroatoms. The van der Waals surface area contributed by atoms with E-state index < -0.39 is 10.0 Å². The van der Waals surface area contributed by atoms with Crippen LogP contribution in [0.3, 0.4) is 0 Å². The van der Waals surface area contributed by atoms with Crippen molar-refractivity contribution in [2.75, 3.05) is 19.3 Å². The summed E-state index contributed by atoms with van der Waals surface area (Å²) in [5, 5.41) is 4.98. The van der Waals surface area contributed by atoms with Gasteiger partial charge in [0.05, 0.1) is 16.8 Å². The Balaban J connectivity index is 1.59. The summed E-state index contributed by atoms with van der Waals surface area (Å²) in [6.07, 6.45) is 4.08.